The second-order valence-corrected chi connectivity index (χ2v) is 5.87. The first-order valence-corrected chi connectivity index (χ1v) is 8.06. The topological polar surface area (TPSA) is 86.6 Å². The van der Waals surface area contributed by atoms with Crippen LogP contribution in [0.15, 0.2) is 42.6 Å². The molecule has 0 aliphatic rings. The van der Waals surface area contributed by atoms with Gasteiger partial charge < -0.3 is 10.1 Å². The Labute approximate surface area is 150 Å². The fourth-order valence-electron chi connectivity index (χ4n) is 2.34. The first-order chi connectivity index (χ1) is 12.2. The maximum absolute atomic E-state index is 9.05. The maximum atomic E-state index is 9.05. The Bertz CT molecular complexity index is 902. The lowest BCUT2D eigenvalue weighted by Gasteiger charge is -2.09. The predicted octanol–water partition coefficient (Wildman–Crippen LogP) is 3.72. The zero-order valence-electron chi connectivity index (χ0n) is 13.6. The van der Waals surface area contributed by atoms with Crippen LogP contribution in [0.5, 0.6) is 11.5 Å². The Morgan fingerprint density at radius 1 is 1.28 bits per heavy atom. The lowest BCUT2D eigenvalue weighted by molar-refractivity contribution is 0.469. The molecule has 0 unspecified atom stereocenters. The standard InChI is InChI=1S/C18H16ClN5O/c1-12-18(25-16-7-13(9-20)6-14(19)8-16)17(24-23-12)11-21-10-15-4-2-3-5-22-15/h2-8,21H,10-11H2,1H3,(H,23,24). The third-order valence-corrected chi connectivity index (χ3v) is 3.72. The van der Waals surface area contributed by atoms with E-state index in [4.69, 9.17) is 21.6 Å². The number of nitrogens with one attached hydrogen (secondary N) is 2. The number of rotatable bonds is 6. The maximum Gasteiger partial charge on any atom is 0.172 e. The van der Waals surface area contributed by atoms with Crippen molar-refractivity contribution in [1.82, 2.24) is 20.5 Å². The molecule has 1 aromatic carbocycles. The van der Waals surface area contributed by atoms with Gasteiger partial charge in [0.15, 0.2) is 5.75 Å². The van der Waals surface area contributed by atoms with Crippen LogP contribution in [0.3, 0.4) is 0 Å². The number of halogens is 1. The highest BCUT2D eigenvalue weighted by Gasteiger charge is 2.13. The monoisotopic (exact) mass is 353 g/mol. The van der Waals surface area contributed by atoms with Crippen molar-refractivity contribution in [3.05, 3.63) is 70.3 Å². The van der Waals surface area contributed by atoms with E-state index >= 15 is 0 Å². The molecule has 0 spiro atoms. The van der Waals surface area contributed by atoms with Crippen molar-refractivity contribution in [2.24, 2.45) is 0 Å². The second kappa shape index (κ2) is 7.79. The van der Waals surface area contributed by atoms with E-state index < -0.39 is 0 Å². The Morgan fingerprint density at radius 3 is 2.92 bits per heavy atom. The fourth-order valence-corrected chi connectivity index (χ4v) is 2.57. The molecule has 0 bridgehead atoms. The summed E-state index contributed by atoms with van der Waals surface area (Å²) in [6.45, 7) is 3.02. The number of benzene rings is 1. The van der Waals surface area contributed by atoms with Crippen molar-refractivity contribution in [1.29, 1.82) is 5.26 Å². The van der Waals surface area contributed by atoms with Gasteiger partial charge in [0.25, 0.3) is 0 Å². The van der Waals surface area contributed by atoms with Crippen LogP contribution < -0.4 is 10.1 Å². The molecule has 7 heteroatoms. The van der Waals surface area contributed by atoms with Gasteiger partial charge in [-0.25, -0.2) is 0 Å². The smallest absolute Gasteiger partial charge is 0.172 e. The number of hydrogen-bond donors (Lipinski definition) is 2. The number of nitrogens with zero attached hydrogens (tertiary/aromatic N) is 3. The van der Waals surface area contributed by atoms with Crippen molar-refractivity contribution in [3.8, 4) is 17.6 Å². The predicted molar refractivity (Wildman–Crippen MR) is 94.3 cm³/mol. The molecule has 0 atom stereocenters. The van der Waals surface area contributed by atoms with Gasteiger partial charge in [-0.05, 0) is 37.3 Å². The summed E-state index contributed by atoms with van der Waals surface area (Å²) in [4.78, 5) is 4.27. The summed E-state index contributed by atoms with van der Waals surface area (Å²) < 4.78 is 5.92. The summed E-state index contributed by atoms with van der Waals surface area (Å²) >= 11 is 6.03. The summed E-state index contributed by atoms with van der Waals surface area (Å²) in [6, 6.07) is 12.7. The number of hydrogen-bond acceptors (Lipinski definition) is 5. The van der Waals surface area contributed by atoms with Crippen LogP contribution in [0, 0.1) is 18.3 Å². The molecule has 0 fully saturated rings. The van der Waals surface area contributed by atoms with Gasteiger partial charge in [0.2, 0.25) is 0 Å². The molecule has 3 rings (SSSR count). The number of aromatic amines is 1. The number of aromatic nitrogens is 3. The molecule has 0 saturated carbocycles. The van der Waals surface area contributed by atoms with Crippen LogP contribution in [0.1, 0.15) is 22.6 Å². The zero-order chi connectivity index (χ0) is 17.6. The number of aryl methyl sites for hydroxylation is 1. The minimum absolute atomic E-state index is 0.443. The van der Waals surface area contributed by atoms with Gasteiger partial charge in [-0.1, -0.05) is 17.7 Å². The summed E-state index contributed by atoms with van der Waals surface area (Å²) in [5.74, 6) is 1.12. The lowest BCUT2D eigenvalue weighted by atomic mass is 10.2. The molecule has 6 nitrogen and oxygen atoms in total. The second-order valence-electron chi connectivity index (χ2n) is 5.44. The van der Waals surface area contributed by atoms with Crippen molar-refractivity contribution in [2.45, 2.75) is 20.0 Å². The van der Waals surface area contributed by atoms with E-state index in [1.165, 1.54) is 0 Å². The van der Waals surface area contributed by atoms with Crippen LogP contribution in [-0.2, 0) is 13.1 Å². The minimum atomic E-state index is 0.443. The molecule has 2 aromatic heterocycles. The van der Waals surface area contributed by atoms with Gasteiger partial charge in [-0.15, -0.1) is 0 Å². The van der Waals surface area contributed by atoms with Gasteiger partial charge in [-0.3, -0.25) is 10.1 Å². The van der Waals surface area contributed by atoms with Gasteiger partial charge in [-0.2, -0.15) is 10.4 Å². The van der Waals surface area contributed by atoms with Crippen LogP contribution in [0.4, 0.5) is 0 Å². The SMILES string of the molecule is Cc1[nH]nc(CNCc2ccccn2)c1Oc1cc(Cl)cc(C#N)c1. The van der Waals surface area contributed by atoms with Crippen molar-refractivity contribution < 1.29 is 4.74 Å². The molecule has 0 amide bonds. The summed E-state index contributed by atoms with van der Waals surface area (Å²) in [7, 11) is 0. The average molecular weight is 354 g/mol. The highest BCUT2D eigenvalue weighted by atomic mass is 35.5. The number of pyridine rings is 1. The van der Waals surface area contributed by atoms with Crippen molar-refractivity contribution in [2.75, 3.05) is 0 Å². The van der Waals surface area contributed by atoms with Gasteiger partial charge in [0.05, 0.1) is 23.0 Å². The largest absolute Gasteiger partial charge is 0.453 e. The third-order valence-electron chi connectivity index (χ3n) is 3.51. The summed E-state index contributed by atoms with van der Waals surface area (Å²) in [5, 5.41) is 20.0. The Balaban J connectivity index is 1.71. The Hall–Kier alpha value is -2.88. The van der Waals surface area contributed by atoms with Crippen LogP contribution in [-0.4, -0.2) is 15.2 Å². The van der Waals surface area contributed by atoms with E-state index in [2.05, 4.69) is 26.6 Å². The number of H-pyrrole nitrogens is 1. The minimum Gasteiger partial charge on any atom is -0.453 e. The molecule has 2 heterocycles. The highest BCUT2D eigenvalue weighted by Crippen LogP contribution is 2.30. The third kappa shape index (κ3) is 4.35. The molecule has 0 radical (unpaired) electrons. The number of ether oxygens (including phenoxy) is 1. The first-order valence-electron chi connectivity index (χ1n) is 7.68. The fraction of sp³-hybridized carbons (Fsp3) is 0.167. The van der Waals surface area contributed by atoms with E-state index in [1.807, 2.05) is 25.1 Å². The van der Waals surface area contributed by atoms with Crippen molar-refractivity contribution in [3.63, 3.8) is 0 Å². The van der Waals surface area contributed by atoms with E-state index in [0.717, 1.165) is 17.1 Å². The quantitative estimate of drug-likeness (QED) is 0.705. The summed E-state index contributed by atoms with van der Waals surface area (Å²) in [5.41, 5.74) is 2.93. The molecule has 2 N–H and O–H groups in total. The summed E-state index contributed by atoms with van der Waals surface area (Å²) in [6.07, 6.45) is 1.76. The molecule has 126 valence electrons. The average Bonchev–Trinajstić information content (AvgIpc) is 2.95. The molecule has 0 saturated heterocycles. The first kappa shape index (κ1) is 17.0. The van der Waals surface area contributed by atoms with E-state index in [9.17, 15) is 0 Å². The zero-order valence-corrected chi connectivity index (χ0v) is 14.3. The van der Waals surface area contributed by atoms with Gasteiger partial charge >= 0.3 is 0 Å². The molecule has 0 aliphatic heterocycles. The lowest BCUT2D eigenvalue weighted by Crippen LogP contribution is -2.14. The van der Waals surface area contributed by atoms with Crippen LogP contribution >= 0.6 is 11.6 Å². The van der Waals surface area contributed by atoms with E-state index in [0.29, 0.717) is 35.2 Å². The van der Waals surface area contributed by atoms with Gasteiger partial charge in [0, 0.05) is 24.3 Å². The van der Waals surface area contributed by atoms with Gasteiger partial charge in [0.1, 0.15) is 11.4 Å². The Morgan fingerprint density at radius 2 is 2.16 bits per heavy atom. The highest BCUT2D eigenvalue weighted by molar-refractivity contribution is 6.30. The number of nitriles is 1. The van der Waals surface area contributed by atoms with Crippen LogP contribution in [0.2, 0.25) is 5.02 Å². The molecular weight excluding hydrogens is 338 g/mol. The van der Waals surface area contributed by atoms with E-state index in [-0.39, 0.29) is 0 Å². The Kier molecular flexibility index (Phi) is 5.29. The molecule has 25 heavy (non-hydrogen) atoms. The molecular formula is C18H16ClN5O. The normalized spacial score (nSPS) is 10.4. The molecule has 3 aromatic rings. The molecule has 0 aliphatic carbocycles. The van der Waals surface area contributed by atoms with E-state index in [1.54, 1.807) is 24.4 Å². The van der Waals surface area contributed by atoms with Crippen molar-refractivity contribution >= 4 is 11.6 Å². The van der Waals surface area contributed by atoms with Crippen LogP contribution in [0.25, 0.3) is 0 Å².